The fourth-order valence-electron chi connectivity index (χ4n) is 0.625. The quantitative estimate of drug-likeness (QED) is 0.688. The molecular weight excluding hydrogens is 228 g/mol. The summed E-state index contributed by atoms with van der Waals surface area (Å²) in [6, 6.07) is 11.4. The second kappa shape index (κ2) is 11.0. The first-order chi connectivity index (χ1) is 7.73. The maximum absolute atomic E-state index is 8.44. The van der Waals surface area contributed by atoms with Crippen molar-refractivity contribution in [3.05, 3.63) is 61.2 Å². The van der Waals surface area contributed by atoms with Gasteiger partial charge in [-0.1, -0.05) is 12.1 Å². The second-order valence-electron chi connectivity index (χ2n) is 2.25. The molecule has 2 rings (SSSR count). The first-order valence-corrected chi connectivity index (χ1v) is 5.20. The summed E-state index contributed by atoms with van der Waals surface area (Å²) in [7, 11) is -3.11. The number of aromatic nitrogens is 2. The first-order valence-electron chi connectivity index (χ1n) is 4.20. The number of pyridine rings is 2. The molecule has 0 spiro atoms. The van der Waals surface area contributed by atoms with Gasteiger partial charge in [-0.05, 0) is 24.3 Å². The molecule has 0 amide bonds. The molecule has 0 saturated heterocycles. The minimum absolute atomic E-state index is 1.75. The molecule has 16 heavy (non-hydrogen) atoms. The van der Waals surface area contributed by atoms with Gasteiger partial charge in [-0.2, -0.15) is 0 Å². The Balaban J connectivity index is 0.000000217. The molecule has 0 radical (unpaired) electrons. The summed E-state index contributed by atoms with van der Waals surface area (Å²) in [5.74, 6) is 0. The van der Waals surface area contributed by atoms with Crippen LogP contribution in [0.4, 0.5) is 0 Å². The normalized spacial score (nSPS) is 7.50. The van der Waals surface area contributed by atoms with E-state index in [2.05, 4.69) is 9.97 Å². The van der Waals surface area contributed by atoms with Crippen molar-refractivity contribution in [1.82, 2.24) is 9.97 Å². The molecule has 0 atom stereocenters. The standard InChI is InChI=1S/2C5H5N.O3S/c2*1-2-4-6-5-3-1;1-4(2)3/h2*1-5H;. The summed E-state index contributed by atoms with van der Waals surface area (Å²) < 4.78 is 25.3. The van der Waals surface area contributed by atoms with Crippen molar-refractivity contribution in [3.63, 3.8) is 0 Å². The first kappa shape index (κ1) is 13.9. The third-order valence-corrected chi connectivity index (χ3v) is 1.13. The predicted molar refractivity (Wildman–Crippen MR) is 58.2 cm³/mol. The summed E-state index contributed by atoms with van der Waals surface area (Å²) in [6.45, 7) is 0. The Bertz CT molecular complexity index is 353. The maximum atomic E-state index is 8.44. The zero-order valence-electron chi connectivity index (χ0n) is 8.30. The van der Waals surface area contributed by atoms with Gasteiger partial charge in [0.2, 0.25) is 0 Å². The smallest absolute Gasteiger partial charge is 0.265 e. The zero-order valence-corrected chi connectivity index (χ0v) is 9.12. The number of hydrogen-bond donors (Lipinski definition) is 0. The van der Waals surface area contributed by atoms with Gasteiger partial charge in [-0.15, -0.1) is 12.6 Å². The molecule has 0 aliphatic heterocycles. The lowest BCUT2D eigenvalue weighted by molar-refractivity contribution is 0.559. The van der Waals surface area contributed by atoms with E-state index in [1.807, 2.05) is 36.4 Å². The maximum Gasteiger partial charge on any atom is 0.425 e. The van der Waals surface area contributed by atoms with E-state index in [0.717, 1.165) is 0 Å². The van der Waals surface area contributed by atoms with Gasteiger partial charge in [0, 0.05) is 24.8 Å². The molecule has 2 heterocycles. The van der Waals surface area contributed by atoms with Gasteiger partial charge in [0.05, 0.1) is 0 Å². The molecule has 0 fully saturated rings. The van der Waals surface area contributed by atoms with E-state index in [-0.39, 0.29) is 0 Å². The van der Waals surface area contributed by atoms with Gasteiger partial charge in [-0.25, -0.2) is 0 Å². The molecule has 0 aliphatic carbocycles. The van der Waals surface area contributed by atoms with Crippen LogP contribution in [0.5, 0.6) is 0 Å². The van der Waals surface area contributed by atoms with E-state index in [1.165, 1.54) is 0 Å². The summed E-state index contributed by atoms with van der Waals surface area (Å²) in [5, 5.41) is 0. The molecule has 2 aromatic rings. The summed E-state index contributed by atoms with van der Waals surface area (Å²) in [6.07, 6.45) is 7.00. The van der Waals surface area contributed by atoms with E-state index in [0.29, 0.717) is 0 Å². The van der Waals surface area contributed by atoms with Gasteiger partial charge < -0.3 is 0 Å². The lowest BCUT2D eigenvalue weighted by atomic mass is 10.5. The van der Waals surface area contributed by atoms with Crippen molar-refractivity contribution in [2.24, 2.45) is 0 Å². The van der Waals surface area contributed by atoms with Gasteiger partial charge in [-0.3, -0.25) is 9.97 Å². The minimum Gasteiger partial charge on any atom is -0.265 e. The molecule has 0 N–H and O–H groups in total. The highest BCUT2D eigenvalue weighted by molar-refractivity contribution is 7.59. The second-order valence-corrected chi connectivity index (χ2v) is 2.66. The van der Waals surface area contributed by atoms with Crippen LogP contribution in [0.2, 0.25) is 0 Å². The van der Waals surface area contributed by atoms with Crippen molar-refractivity contribution in [1.29, 1.82) is 0 Å². The van der Waals surface area contributed by atoms with Crippen LogP contribution in [0.1, 0.15) is 0 Å². The number of rotatable bonds is 0. The lowest BCUT2D eigenvalue weighted by Gasteiger charge is -1.70. The van der Waals surface area contributed by atoms with E-state index in [9.17, 15) is 0 Å². The van der Waals surface area contributed by atoms with Gasteiger partial charge in [0.1, 0.15) is 0 Å². The van der Waals surface area contributed by atoms with Crippen LogP contribution in [0.15, 0.2) is 61.2 Å². The zero-order chi connectivity index (χ0) is 12.1. The van der Waals surface area contributed by atoms with E-state index in [4.69, 9.17) is 12.6 Å². The van der Waals surface area contributed by atoms with Crippen LogP contribution in [0, 0.1) is 0 Å². The molecule has 0 aliphatic rings. The highest BCUT2D eigenvalue weighted by atomic mass is 32.2. The molecule has 84 valence electrons. The Morgan fingerprint density at radius 3 is 0.875 bits per heavy atom. The van der Waals surface area contributed by atoms with Gasteiger partial charge in [0.25, 0.3) is 0 Å². The van der Waals surface area contributed by atoms with Crippen molar-refractivity contribution < 1.29 is 12.6 Å². The van der Waals surface area contributed by atoms with Crippen molar-refractivity contribution in [2.75, 3.05) is 0 Å². The average molecular weight is 238 g/mol. The van der Waals surface area contributed by atoms with Gasteiger partial charge in [0.15, 0.2) is 0 Å². The number of hydrogen-bond acceptors (Lipinski definition) is 5. The Hall–Kier alpha value is -2.08. The van der Waals surface area contributed by atoms with Crippen LogP contribution in [0.3, 0.4) is 0 Å². The van der Waals surface area contributed by atoms with Crippen molar-refractivity contribution in [2.45, 2.75) is 0 Å². The third kappa shape index (κ3) is 14.4. The van der Waals surface area contributed by atoms with Gasteiger partial charge >= 0.3 is 10.6 Å². The van der Waals surface area contributed by atoms with Crippen LogP contribution < -0.4 is 0 Å². The molecule has 2 aromatic heterocycles. The average Bonchev–Trinajstić information content (AvgIpc) is 2.34. The fraction of sp³-hybridized carbons (Fsp3) is 0. The predicted octanol–water partition coefficient (Wildman–Crippen LogP) is 1.16. The van der Waals surface area contributed by atoms with Crippen molar-refractivity contribution in [3.8, 4) is 0 Å². The Labute approximate surface area is 94.9 Å². The summed E-state index contributed by atoms with van der Waals surface area (Å²) in [4.78, 5) is 7.57. The third-order valence-electron chi connectivity index (χ3n) is 1.13. The Morgan fingerprint density at radius 2 is 0.812 bits per heavy atom. The molecule has 0 unspecified atom stereocenters. The lowest BCUT2D eigenvalue weighted by Crippen LogP contribution is -1.58. The largest absolute Gasteiger partial charge is 0.425 e. The van der Waals surface area contributed by atoms with E-state index < -0.39 is 10.6 Å². The highest BCUT2D eigenvalue weighted by Crippen LogP contribution is 1.74. The molecule has 0 bridgehead atoms. The topological polar surface area (TPSA) is 77.0 Å². The highest BCUT2D eigenvalue weighted by Gasteiger charge is 1.59. The van der Waals surface area contributed by atoms with Crippen molar-refractivity contribution >= 4 is 10.6 Å². The van der Waals surface area contributed by atoms with Crippen LogP contribution in [-0.4, -0.2) is 22.6 Å². The fourth-order valence-corrected chi connectivity index (χ4v) is 0.625. The molecule has 0 aromatic carbocycles. The SMILES string of the molecule is O=S(=O)=O.c1ccncc1.c1ccncc1. The minimum atomic E-state index is -3.11. The summed E-state index contributed by atoms with van der Waals surface area (Å²) >= 11 is 0. The monoisotopic (exact) mass is 238 g/mol. The number of nitrogens with zero attached hydrogens (tertiary/aromatic N) is 2. The van der Waals surface area contributed by atoms with Crippen LogP contribution in [0.25, 0.3) is 0 Å². The molecule has 0 saturated carbocycles. The van der Waals surface area contributed by atoms with Crippen LogP contribution in [-0.2, 0) is 10.6 Å². The Kier molecular flexibility index (Phi) is 9.57. The molecular formula is C10H10N2O3S. The molecule has 6 heteroatoms. The van der Waals surface area contributed by atoms with Crippen LogP contribution >= 0.6 is 0 Å². The van der Waals surface area contributed by atoms with E-state index in [1.54, 1.807) is 24.8 Å². The van der Waals surface area contributed by atoms with E-state index >= 15 is 0 Å². The Morgan fingerprint density at radius 1 is 0.562 bits per heavy atom. The summed E-state index contributed by atoms with van der Waals surface area (Å²) in [5.41, 5.74) is 0. The molecule has 5 nitrogen and oxygen atoms in total.